The summed E-state index contributed by atoms with van der Waals surface area (Å²) in [4.78, 5) is 11.8. The molecule has 2 aromatic carbocycles. The molecule has 2 rings (SSSR count). The van der Waals surface area contributed by atoms with Crippen LogP contribution in [0, 0.1) is 0 Å². The lowest BCUT2D eigenvalue weighted by Crippen LogP contribution is -1.98. The van der Waals surface area contributed by atoms with E-state index in [-0.39, 0.29) is 10.6 Å². The lowest BCUT2D eigenvalue weighted by Gasteiger charge is -2.15. The van der Waals surface area contributed by atoms with Crippen molar-refractivity contribution >= 4 is 28.5 Å². The zero-order valence-electron chi connectivity index (χ0n) is 15.8. The molecule has 27 heavy (non-hydrogen) atoms. The molecule has 2 aromatic rings. The monoisotopic (exact) mass is 392 g/mol. The molecule has 0 spiro atoms. The van der Waals surface area contributed by atoms with Crippen molar-refractivity contribution in [2.24, 2.45) is 0 Å². The molecule has 0 bridgehead atoms. The van der Waals surface area contributed by atoms with E-state index in [2.05, 4.69) is 0 Å². The van der Waals surface area contributed by atoms with E-state index in [1.165, 1.54) is 28.4 Å². The summed E-state index contributed by atoms with van der Waals surface area (Å²) in [6.07, 6.45) is 0.680. The van der Waals surface area contributed by atoms with Crippen molar-refractivity contribution in [1.82, 2.24) is 0 Å². The number of methoxy groups -OCH3 is 5. The molecular formula is C20H21ClO6. The van der Waals surface area contributed by atoms with Gasteiger partial charge < -0.3 is 23.7 Å². The van der Waals surface area contributed by atoms with Crippen molar-refractivity contribution in [2.45, 2.75) is 0 Å². The summed E-state index contributed by atoms with van der Waals surface area (Å²) in [7, 11) is 7.58. The summed E-state index contributed by atoms with van der Waals surface area (Å²) < 4.78 is 26.5. The summed E-state index contributed by atoms with van der Waals surface area (Å²) in [5.41, 5.74) is 1.40. The van der Waals surface area contributed by atoms with Gasteiger partial charge in [0, 0.05) is 5.57 Å². The van der Waals surface area contributed by atoms with Crippen molar-refractivity contribution in [3.05, 3.63) is 41.5 Å². The van der Waals surface area contributed by atoms with E-state index in [1.807, 2.05) is 0 Å². The number of rotatable bonds is 8. The minimum Gasteiger partial charge on any atom is -0.493 e. The van der Waals surface area contributed by atoms with Gasteiger partial charge in [-0.2, -0.15) is 0 Å². The second-order valence-electron chi connectivity index (χ2n) is 5.33. The third-order valence-electron chi connectivity index (χ3n) is 3.97. The molecule has 0 fully saturated rings. The third-order valence-corrected chi connectivity index (χ3v) is 4.39. The van der Waals surface area contributed by atoms with Gasteiger partial charge in [0.25, 0.3) is 0 Å². The van der Waals surface area contributed by atoms with E-state index < -0.39 is 0 Å². The first-order valence-electron chi connectivity index (χ1n) is 7.92. The number of halogens is 1. The predicted octanol–water partition coefficient (Wildman–Crippen LogP) is 4.04. The Labute approximate surface area is 163 Å². The van der Waals surface area contributed by atoms with E-state index in [1.54, 1.807) is 37.4 Å². The predicted molar refractivity (Wildman–Crippen MR) is 104 cm³/mol. The van der Waals surface area contributed by atoms with Crippen molar-refractivity contribution < 1.29 is 28.5 Å². The lowest BCUT2D eigenvalue weighted by molar-refractivity contribution is -0.103. The van der Waals surface area contributed by atoms with Crippen LogP contribution in [-0.4, -0.2) is 41.8 Å². The molecule has 0 aliphatic carbocycles. The topological polar surface area (TPSA) is 63.2 Å². The fourth-order valence-corrected chi connectivity index (χ4v) is 2.88. The Morgan fingerprint density at radius 2 is 1.26 bits per heavy atom. The summed E-state index contributed by atoms with van der Waals surface area (Å²) in [6.45, 7) is 0. The number of carbonyl (C=O) groups is 1. The van der Waals surface area contributed by atoms with Crippen molar-refractivity contribution in [1.29, 1.82) is 0 Å². The molecule has 6 nitrogen and oxygen atoms in total. The van der Waals surface area contributed by atoms with Crippen LogP contribution >= 0.6 is 11.6 Å². The van der Waals surface area contributed by atoms with Crippen LogP contribution in [0.1, 0.15) is 11.1 Å². The number of aldehydes is 1. The number of hydrogen-bond donors (Lipinski definition) is 0. The fourth-order valence-electron chi connectivity index (χ4n) is 2.61. The highest BCUT2D eigenvalue weighted by Crippen LogP contribution is 2.42. The molecule has 0 unspecified atom stereocenters. The van der Waals surface area contributed by atoms with Gasteiger partial charge in [0.15, 0.2) is 29.3 Å². The van der Waals surface area contributed by atoms with Gasteiger partial charge in [-0.25, -0.2) is 0 Å². The Bertz CT molecular complexity index is 835. The molecule has 0 saturated heterocycles. The molecule has 0 heterocycles. The van der Waals surface area contributed by atoms with Gasteiger partial charge in [-0.15, -0.1) is 0 Å². The Morgan fingerprint density at radius 3 is 1.70 bits per heavy atom. The molecule has 0 aliphatic rings. The highest BCUT2D eigenvalue weighted by atomic mass is 35.5. The third kappa shape index (κ3) is 4.11. The maximum Gasteiger partial charge on any atom is 0.203 e. The molecule has 0 amide bonds. The van der Waals surface area contributed by atoms with E-state index in [9.17, 15) is 4.79 Å². The SMILES string of the molecule is COc1ccc(/C(Cl)=C(/C=O)c2cc(OC)c(OC)c(OC)c2)cc1OC. The second kappa shape index (κ2) is 9.19. The smallest absolute Gasteiger partial charge is 0.203 e. The maximum atomic E-state index is 11.8. The second-order valence-corrected chi connectivity index (χ2v) is 5.71. The van der Waals surface area contributed by atoms with Crippen LogP contribution in [0.5, 0.6) is 28.7 Å². The van der Waals surface area contributed by atoms with Crippen molar-refractivity contribution in [3.8, 4) is 28.7 Å². The molecule has 144 valence electrons. The highest BCUT2D eigenvalue weighted by Gasteiger charge is 2.18. The van der Waals surface area contributed by atoms with Crippen LogP contribution in [0.2, 0.25) is 0 Å². The number of allylic oxidation sites excluding steroid dienone is 1. The van der Waals surface area contributed by atoms with Gasteiger partial charge in [0.1, 0.15) is 0 Å². The van der Waals surface area contributed by atoms with Gasteiger partial charge >= 0.3 is 0 Å². The van der Waals surface area contributed by atoms with Crippen molar-refractivity contribution in [3.63, 3.8) is 0 Å². The number of benzene rings is 2. The highest BCUT2D eigenvalue weighted by molar-refractivity contribution is 6.55. The molecular weight excluding hydrogens is 372 g/mol. The molecule has 7 heteroatoms. The summed E-state index contributed by atoms with van der Waals surface area (Å²) in [5.74, 6) is 2.33. The minimum atomic E-state index is 0.250. The van der Waals surface area contributed by atoms with Crippen LogP contribution in [0.3, 0.4) is 0 Å². The zero-order valence-corrected chi connectivity index (χ0v) is 16.5. The van der Waals surface area contributed by atoms with Gasteiger partial charge in [-0.1, -0.05) is 11.6 Å². The molecule has 0 aromatic heterocycles. The first kappa shape index (κ1) is 20.5. The zero-order chi connectivity index (χ0) is 20.0. The van der Waals surface area contributed by atoms with Crippen LogP contribution in [-0.2, 0) is 4.79 Å². The standard InChI is InChI=1S/C20H21ClO6/c1-23-15-7-6-12(8-16(15)24-2)19(21)14(11-22)13-9-17(25-3)20(27-5)18(10-13)26-4/h6-11H,1-5H3/b19-14+. The molecule has 0 saturated carbocycles. The Balaban J connectivity index is 2.65. The van der Waals surface area contributed by atoms with Crippen molar-refractivity contribution in [2.75, 3.05) is 35.5 Å². The first-order valence-corrected chi connectivity index (χ1v) is 8.30. The van der Waals surface area contributed by atoms with E-state index >= 15 is 0 Å². The number of carbonyl (C=O) groups excluding carboxylic acids is 1. The Kier molecular flexibility index (Phi) is 6.96. The number of ether oxygens (including phenoxy) is 5. The van der Waals surface area contributed by atoms with Gasteiger partial charge in [-0.3, -0.25) is 4.79 Å². The number of hydrogen-bond acceptors (Lipinski definition) is 6. The first-order chi connectivity index (χ1) is 13.0. The van der Waals surface area contributed by atoms with Gasteiger partial charge in [-0.05, 0) is 41.5 Å². The van der Waals surface area contributed by atoms with E-state index in [0.29, 0.717) is 46.2 Å². The molecule has 0 atom stereocenters. The van der Waals surface area contributed by atoms with Gasteiger partial charge in [0.2, 0.25) is 5.75 Å². The van der Waals surface area contributed by atoms with Crippen LogP contribution < -0.4 is 23.7 Å². The van der Waals surface area contributed by atoms with E-state index in [0.717, 1.165) is 0 Å². The van der Waals surface area contributed by atoms with E-state index in [4.69, 9.17) is 35.3 Å². The van der Waals surface area contributed by atoms with Crippen LogP contribution in [0.4, 0.5) is 0 Å². The maximum absolute atomic E-state index is 11.8. The van der Waals surface area contributed by atoms with Crippen LogP contribution in [0.15, 0.2) is 30.3 Å². The lowest BCUT2D eigenvalue weighted by atomic mass is 10.0. The largest absolute Gasteiger partial charge is 0.493 e. The summed E-state index contributed by atoms with van der Waals surface area (Å²) in [5, 5.41) is 0.250. The Hall–Kier alpha value is -2.86. The quantitative estimate of drug-likeness (QED) is 0.384. The molecule has 0 N–H and O–H groups in total. The van der Waals surface area contributed by atoms with Gasteiger partial charge in [0.05, 0.1) is 40.6 Å². The minimum absolute atomic E-state index is 0.250. The van der Waals surface area contributed by atoms with Crippen LogP contribution in [0.25, 0.3) is 10.6 Å². The Morgan fingerprint density at radius 1 is 0.741 bits per heavy atom. The average Bonchev–Trinajstić information content (AvgIpc) is 2.72. The summed E-state index contributed by atoms with van der Waals surface area (Å²) in [6, 6.07) is 8.48. The average molecular weight is 393 g/mol. The molecule has 0 aliphatic heterocycles. The molecule has 0 radical (unpaired) electrons. The summed E-state index contributed by atoms with van der Waals surface area (Å²) >= 11 is 6.54. The fraction of sp³-hybridized carbons (Fsp3) is 0.250. The normalized spacial score (nSPS) is 11.3.